The van der Waals surface area contributed by atoms with Crippen LogP contribution >= 0.6 is 22.6 Å². The second-order valence-corrected chi connectivity index (χ2v) is 21.6. The smallest absolute Gasteiger partial charge is 0.351 e. The molecule has 2 aromatic heterocycles. The second kappa shape index (κ2) is 25.4. The number of carbonyl (C=O) groups is 4. The molecule has 0 saturated carbocycles. The maximum Gasteiger partial charge on any atom is 0.351 e. The number of alkyl halides is 5. The van der Waals surface area contributed by atoms with Gasteiger partial charge in [0.05, 0.1) is 33.9 Å². The van der Waals surface area contributed by atoms with Crippen LogP contribution in [0.1, 0.15) is 100 Å². The largest absolute Gasteiger partial charge is 0.390 e. The van der Waals surface area contributed by atoms with E-state index in [0.717, 1.165) is 25.1 Å². The lowest BCUT2D eigenvalue weighted by molar-refractivity contribution is -0.207. The number of aromatic nitrogens is 4. The van der Waals surface area contributed by atoms with Crippen LogP contribution in [-0.4, -0.2) is 138 Å². The van der Waals surface area contributed by atoms with Crippen molar-refractivity contribution >= 4 is 57.6 Å². The highest BCUT2D eigenvalue weighted by Crippen LogP contribution is 2.54. The minimum atomic E-state index is -2.88. The zero-order valence-electron chi connectivity index (χ0n) is 46.6. The number of ether oxygens (including phenoxy) is 4. The van der Waals surface area contributed by atoms with Crippen molar-refractivity contribution in [3.8, 4) is 0 Å². The van der Waals surface area contributed by atoms with Crippen molar-refractivity contribution in [2.75, 3.05) is 22.5 Å². The van der Waals surface area contributed by atoms with E-state index in [1.807, 2.05) is 22.6 Å². The molecule has 0 bridgehead atoms. The maximum atomic E-state index is 14.8. The average Bonchev–Trinajstić information content (AvgIpc) is 1.72. The Balaban J connectivity index is 0.000000205. The number of aliphatic hydroxyl groups is 2. The van der Waals surface area contributed by atoms with Crippen LogP contribution in [0.2, 0.25) is 0 Å². The van der Waals surface area contributed by atoms with Gasteiger partial charge in [-0.15, -0.1) is 0 Å². The summed E-state index contributed by atoms with van der Waals surface area (Å²) in [5.41, 5.74) is 38.5. The number of hydrogen-bond donors (Lipinski definition) is 4. The van der Waals surface area contributed by atoms with Crippen LogP contribution in [0, 0.1) is 17.8 Å². The summed E-state index contributed by atoms with van der Waals surface area (Å²) in [5.74, 6) is -12.8. The van der Waals surface area contributed by atoms with Crippen molar-refractivity contribution in [3.05, 3.63) is 112 Å². The Bertz CT molecular complexity index is 3080. The van der Waals surface area contributed by atoms with E-state index in [1.54, 1.807) is 55.4 Å². The molecule has 0 aliphatic carbocycles. The van der Waals surface area contributed by atoms with Crippen LogP contribution < -0.4 is 22.8 Å². The average molecular weight is 1300 g/mol. The summed E-state index contributed by atoms with van der Waals surface area (Å²) in [4.78, 5) is 90.4. The van der Waals surface area contributed by atoms with E-state index < -0.39 is 124 Å². The highest BCUT2D eigenvalue weighted by atomic mass is 127. The molecule has 6 aliphatic heterocycles. The first-order valence-electron chi connectivity index (χ1n) is 25.4. The first-order valence-corrected chi connectivity index (χ1v) is 27.0. The van der Waals surface area contributed by atoms with Gasteiger partial charge in [0.25, 0.3) is 5.85 Å². The molecule has 0 radical (unpaired) electrons. The zero-order valence-corrected chi connectivity index (χ0v) is 48.7. The maximum absolute atomic E-state index is 14.8. The van der Waals surface area contributed by atoms with Crippen LogP contribution in [0.4, 0.5) is 29.2 Å². The fourth-order valence-corrected chi connectivity index (χ4v) is 11.0. The van der Waals surface area contributed by atoms with Gasteiger partial charge in [0.1, 0.15) is 29.9 Å². The summed E-state index contributed by atoms with van der Waals surface area (Å²) >= 11 is 1.85. The van der Waals surface area contributed by atoms with Gasteiger partial charge in [0.15, 0.2) is 36.5 Å². The molecule has 16 atom stereocenters. The zero-order chi connectivity index (χ0) is 63.3. The van der Waals surface area contributed by atoms with Gasteiger partial charge in [-0.2, -0.15) is 9.97 Å². The predicted molar refractivity (Wildman–Crippen MR) is 293 cm³/mol. The Morgan fingerprint density at radius 1 is 0.607 bits per heavy atom. The molecule has 6 N–H and O–H groups in total. The summed E-state index contributed by atoms with van der Waals surface area (Å²) < 4.78 is 82.0. The molecule has 0 aromatic carbocycles. The minimum Gasteiger partial charge on any atom is -0.390 e. The monoisotopic (exact) mass is 1300 g/mol. The third-order valence-electron chi connectivity index (χ3n) is 15.9. The van der Waals surface area contributed by atoms with Crippen LogP contribution in [0.3, 0.4) is 0 Å². The number of hydrogen-bond acceptors (Lipinski definition) is 20. The predicted octanol–water partition coefficient (Wildman–Crippen LogP) is 6.48. The molecule has 8 heterocycles. The number of amides is 2. The molecule has 0 unspecified atom stereocenters. The Kier molecular flexibility index (Phi) is 20.4. The van der Waals surface area contributed by atoms with E-state index in [4.69, 9.17) is 57.6 Å². The lowest BCUT2D eigenvalue weighted by Crippen LogP contribution is -2.50. The Hall–Kier alpha value is -7.43. The number of halogens is 5. The number of aliphatic hydroxyl groups excluding tert-OH is 2. The van der Waals surface area contributed by atoms with Crippen molar-refractivity contribution in [1.29, 1.82) is 0 Å². The van der Waals surface area contributed by atoms with Crippen LogP contribution in [-0.2, 0) is 38.1 Å². The standard InChI is InChI=1S/C13H17FN4O3.C12H14FIN4O3.C12H17FN6O2.C10H13FN6O4/c1-4-13(14)8(2)12(3,16-17-15)11(21-13)18-6-5-9(19)7-10(18)20;1-7-11(2,16-17-15)10(21-12(7,13)6-14)18-4-3-8(19)5-9(18)20;1-4-12(13)7(2)11(3,17-18-15)9(21-12)19-6-5-8(14)16-10(19)20;1-9(15-16-13)6(19)10(11,4-18)21-7(9)17-3-2-5(12)14-8(17)20/h5-6,8,11H,4,7H2,1-3H3;3-4,7,10H,5-6H2,1-2H3;5-7,9H,4H2,1-3H3,(H2,14,16,20);2-3,6-7,18-19H,4H2,1H3,(H2,12,14,20)/t8-,11+,12+,13+;7-,10+,11+,12+;7-,9+,11+,12+;6-,7+,9+,10+/m0000/s1. The van der Waals surface area contributed by atoms with Gasteiger partial charge in [0.2, 0.25) is 29.4 Å². The topological polar surface area (TPSA) is 469 Å². The lowest BCUT2D eigenvalue weighted by Gasteiger charge is -2.35. The number of carbonyl (C=O) groups excluding carboxylic acids is 4. The fraction of sp³-hybridized carbons (Fsp3) is 0.660. The second-order valence-electron chi connectivity index (χ2n) is 20.9. The number of azide groups is 4. The molecule has 6 aliphatic rings. The number of nitrogens with zero attached hydrogens (tertiary/aromatic N) is 18. The SMILES string of the molecule is CC[C@@]1(F)O[C@@H](N2C=CC(=O)CC2=O)[C@](C)(N=[N+]=[N-])[C@@H]1C.CC[C@@]1(F)O[C@@H](n2ccc(N)nc2=O)[C@](C)(N=[N+]=[N-])[C@@H]1C.C[C@H]1[C@@](C)(N=[N+]=[N-])[C@H](N2C=CC(=O)CC2=O)O[C@]1(F)CI.C[C@]1(N=[N+]=[N-])[C@H](n2ccc(N)nc2=O)O[C@](F)(CO)[C@H]1O. The van der Waals surface area contributed by atoms with E-state index in [1.165, 1.54) is 49.8 Å². The molecule has 456 valence electrons. The fourth-order valence-electron chi connectivity index (χ4n) is 10.1. The first-order chi connectivity index (χ1) is 39.1. The summed E-state index contributed by atoms with van der Waals surface area (Å²) in [6.07, 6.45) is 0.289. The molecular weight excluding hydrogens is 1240 g/mol. The Labute approximate surface area is 487 Å². The molecule has 4 fully saturated rings. The molecule has 84 heavy (non-hydrogen) atoms. The van der Waals surface area contributed by atoms with Crippen molar-refractivity contribution in [2.45, 2.75) is 165 Å². The highest BCUT2D eigenvalue weighted by molar-refractivity contribution is 14.1. The van der Waals surface area contributed by atoms with Gasteiger partial charge in [-0.1, -0.05) is 77.7 Å². The Morgan fingerprint density at radius 3 is 1.26 bits per heavy atom. The van der Waals surface area contributed by atoms with Crippen molar-refractivity contribution in [2.24, 2.45) is 38.2 Å². The molecule has 32 nitrogen and oxygen atoms in total. The van der Waals surface area contributed by atoms with E-state index in [9.17, 15) is 51.4 Å². The van der Waals surface area contributed by atoms with Crippen molar-refractivity contribution in [3.63, 3.8) is 0 Å². The number of rotatable bonds is 12. The van der Waals surface area contributed by atoms with Gasteiger partial charge < -0.3 is 40.6 Å². The van der Waals surface area contributed by atoms with E-state index in [0.29, 0.717) is 0 Å². The van der Waals surface area contributed by atoms with Gasteiger partial charge in [0, 0.05) is 75.0 Å². The summed E-state index contributed by atoms with van der Waals surface area (Å²) in [5, 5.41) is 33.5. The molecule has 2 amide bonds. The molecule has 2 aromatic rings. The lowest BCUT2D eigenvalue weighted by atomic mass is 9.82. The first kappa shape index (κ1) is 67.4. The van der Waals surface area contributed by atoms with Crippen LogP contribution in [0.5, 0.6) is 0 Å². The van der Waals surface area contributed by atoms with Gasteiger partial charge in [-0.25, -0.2) is 27.2 Å². The number of ketones is 2. The normalized spacial score (nSPS) is 37.5. The molecular formula is C47H61F4IN20O12. The minimum absolute atomic E-state index is 0.0314. The van der Waals surface area contributed by atoms with E-state index >= 15 is 0 Å². The van der Waals surface area contributed by atoms with Crippen LogP contribution in [0.15, 0.2) is 79.1 Å². The quantitative estimate of drug-likeness (QED) is 0.0336. The van der Waals surface area contributed by atoms with Crippen molar-refractivity contribution in [1.82, 2.24) is 28.9 Å². The summed E-state index contributed by atoms with van der Waals surface area (Å²) in [7, 11) is 0. The van der Waals surface area contributed by atoms with Crippen molar-refractivity contribution < 1.29 is 65.9 Å². The van der Waals surface area contributed by atoms with E-state index in [-0.39, 0.29) is 53.3 Å². The van der Waals surface area contributed by atoms with E-state index in [2.05, 4.69) is 50.1 Å². The van der Waals surface area contributed by atoms with Crippen LogP contribution in [0.25, 0.3) is 41.8 Å². The molecule has 0 spiro atoms. The number of nitrogens with two attached hydrogens (primary N) is 2. The molecule has 4 saturated heterocycles. The number of allylic oxidation sites excluding steroid dienone is 2. The van der Waals surface area contributed by atoms with Gasteiger partial charge in [-0.3, -0.25) is 38.1 Å². The Morgan fingerprint density at radius 2 is 0.929 bits per heavy atom. The van der Waals surface area contributed by atoms with Gasteiger partial charge >= 0.3 is 11.4 Å². The molecule has 8 rings (SSSR count). The molecule has 37 heteroatoms. The third-order valence-corrected chi connectivity index (χ3v) is 17.0. The van der Waals surface area contributed by atoms with Gasteiger partial charge in [-0.05, 0) is 74.1 Å². The number of anilines is 2. The summed E-state index contributed by atoms with van der Waals surface area (Å²) in [6.45, 7) is 12.7. The highest BCUT2D eigenvalue weighted by Gasteiger charge is 2.65. The number of nitrogen functional groups attached to an aromatic ring is 2. The third kappa shape index (κ3) is 12.4. The summed E-state index contributed by atoms with van der Waals surface area (Å²) in [6, 6.07) is 2.65.